The van der Waals surface area contributed by atoms with Crippen LogP contribution >= 0.6 is 11.6 Å². The average Bonchev–Trinajstić information content (AvgIpc) is 2.47. The molecule has 0 atom stereocenters. The van der Waals surface area contributed by atoms with Crippen LogP contribution in [0.5, 0.6) is 0 Å². The molecule has 1 aromatic rings. The number of anilines is 1. The molecule has 0 radical (unpaired) electrons. The molecule has 2 rings (SSSR count). The molecular formula is C17H21ClN2O. The highest BCUT2D eigenvalue weighted by atomic mass is 35.5. The van der Waals surface area contributed by atoms with Gasteiger partial charge in [-0.2, -0.15) is 0 Å². The van der Waals surface area contributed by atoms with Crippen LogP contribution in [0.25, 0.3) is 0 Å². The zero-order chi connectivity index (χ0) is 15.2. The normalized spacial score (nSPS) is 16.2. The van der Waals surface area contributed by atoms with Gasteiger partial charge < -0.3 is 10.0 Å². The summed E-state index contributed by atoms with van der Waals surface area (Å²) < 4.78 is 0. The van der Waals surface area contributed by atoms with Crippen LogP contribution in [0.4, 0.5) is 11.4 Å². The fourth-order valence-corrected chi connectivity index (χ4v) is 2.52. The summed E-state index contributed by atoms with van der Waals surface area (Å²) in [5.41, 5.74) is 4.05. The number of allylic oxidation sites excluding steroid dienone is 4. The van der Waals surface area contributed by atoms with Gasteiger partial charge in [-0.15, -0.1) is 0 Å². The molecule has 21 heavy (non-hydrogen) atoms. The molecule has 1 aliphatic rings. The molecule has 0 saturated carbocycles. The summed E-state index contributed by atoms with van der Waals surface area (Å²) in [5.74, 6) is 0. The van der Waals surface area contributed by atoms with E-state index in [9.17, 15) is 0 Å². The fourth-order valence-electron chi connectivity index (χ4n) is 2.32. The van der Waals surface area contributed by atoms with Gasteiger partial charge in [0.05, 0.1) is 18.0 Å². The number of aryl methyl sites for hydroxylation is 1. The zero-order valence-corrected chi connectivity index (χ0v) is 13.3. The first-order valence-corrected chi connectivity index (χ1v) is 7.59. The summed E-state index contributed by atoms with van der Waals surface area (Å²) in [5, 5.41) is 9.91. The Kier molecular flexibility index (Phi) is 5.59. The molecule has 0 fully saturated rings. The lowest BCUT2D eigenvalue weighted by Crippen LogP contribution is -2.26. The number of halogens is 1. The van der Waals surface area contributed by atoms with Crippen molar-refractivity contribution in [3.05, 3.63) is 47.0 Å². The van der Waals surface area contributed by atoms with E-state index in [0.717, 1.165) is 40.6 Å². The van der Waals surface area contributed by atoms with Crippen LogP contribution < -0.4 is 4.90 Å². The highest BCUT2D eigenvalue weighted by molar-refractivity contribution is 6.32. The van der Waals surface area contributed by atoms with Gasteiger partial charge in [0.15, 0.2) is 0 Å². The minimum absolute atomic E-state index is 0.158. The highest BCUT2D eigenvalue weighted by Crippen LogP contribution is 2.26. The van der Waals surface area contributed by atoms with Gasteiger partial charge in [0, 0.05) is 30.2 Å². The molecular weight excluding hydrogens is 284 g/mol. The molecule has 3 nitrogen and oxygen atoms in total. The van der Waals surface area contributed by atoms with E-state index in [0.29, 0.717) is 6.54 Å². The topological polar surface area (TPSA) is 35.8 Å². The van der Waals surface area contributed by atoms with Crippen LogP contribution in [0, 0.1) is 6.92 Å². The summed E-state index contributed by atoms with van der Waals surface area (Å²) >= 11 is 6.04. The number of aliphatic imine (C=N–C) groups is 1. The van der Waals surface area contributed by atoms with Gasteiger partial charge in [0.25, 0.3) is 0 Å². The first-order chi connectivity index (χ1) is 10.1. The van der Waals surface area contributed by atoms with E-state index in [4.69, 9.17) is 16.7 Å². The van der Waals surface area contributed by atoms with Crippen molar-refractivity contribution in [3.63, 3.8) is 0 Å². The van der Waals surface area contributed by atoms with Crippen molar-refractivity contribution in [2.75, 3.05) is 24.6 Å². The number of hydrogen-bond donors (Lipinski definition) is 1. The number of rotatable bonds is 5. The molecule has 0 heterocycles. The summed E-state index contributed by atoms with van der Waals surface area (Å²) in [7, 11) is 0. The summed E-state index contributed by atoms with van der Waals surface area (Å²) in [6.45, 7) is 5.80. The highest BCUT2D eigenvalue weighted by Gasteiger charge is 2.07. The largest absolute Gasteiger partial charge is 0.395 e. The zero-order valence-electron chi connectivity index (χ0n) is 12.5. The smallest absolute Gasteiger partial charge is 0.0667 e. The van der Waals surface area contributed by atoms with Gasteiger partial charge in [0.2, 0.25) is 0 Å². The second-order valence-corrected chi connectivity index (χ2v) is 5.49. The Morgan fingerprint density at radius 2 is 2.19 bits per heavy atom. The van der Waals surface area contributed by atoms with E-state index in [1.54, 1.807) is 0 Å². The van der Waals surface area contributed by atoms with Gasteiger partial charge in [-0.05, 0) is 49.8 Å². The van der Waals surface area contributed by atoms with Crippen molar-refractivity contribution in [1.82, 2.24) is 0 Å². The molecule has 0 unspecified atom stereocenters. The van der Waals surface area contributed by atoms with Gasteiger partial charge >= 0.3 is 0 Å². The van der Waals surface area contributed by atoms with Crippen molar-refractivity contribution in [1.29, 1.82) is 0 Å². The lowest BCUT2D eigenvalue weighted by atomic mass is 10.1. The molecule has 112 valence electrons. The number of likely N-dealkylation sites (N-methyl/N-ethyl adjacent to an activating group) is 1. The Labute approximate surface area is 131 Å². The lowest BCUT2D eigenvalue weighted by molar-refractivity contribution is 0.302. The summed E-state index contributed by atoms with van der Waals surface area (Å²) in [6.07, 6.45) is 6.69. The Hall–Kier alpha value is -1.58. The molecule has 0 spiro atoms. The third-order valence-corrected chi connectivity index (χ3v) is 3.72. The third-order valence-electron chi connectivity index (χ3n) is 3.45. The molecule has 0 bridgehead atoms. The van der Waals surface area contributed by atoms with Gasteiger partial charge in [0.1, 0.15) is 0 Å². The van der Waals surface area contributed by atoms with Gasteiger partial charge in [-0.3, -0.25) is 0 Å². The second kappa shape index (κ2) is 7.43. The van der Waals surface area contributed by atoms with Crippen molar-refractivity contribution in [3.8, 4) is 0 Å². The van der Waals surface area contributed by atoms with E-state index in [2.05, 4.69) is 22.9 Å². The van der Waals surface area contributed by atoms with Crippen LogP contribution in [0.2, 0.25) is 0 Å². The molecule has 0 aliphatic heterocycles. The van der Waals surface area contributed by atoms with Crippen molar-refractivity contribution in [2.24, 2.45) is 4.99 Å². The van der Waals surface area contributed by atoms with E-state index < -0.39 is 0 Å². The van der Waals surface area contributed by atoms with Gasteiger partial charge in [-0.25, -0.2) is 4.99 Å². The summed E-state index contributed by atoms with van der Waals surface area (Å²) in [4.78, 5) is 6.78. The average molecular weight is 305 g/mol. The fraction of sp³-hybridized carbons (Fsp3) is 0.353. The Balaban J connectivity index is 2.25. The van der Waals surface area contributed by atoms with Crippen LogP contribution in [0.15, 0.2) is 46.5 Å². The summed E-state index contributed by atoms with van der Waals surface area (Å²) in [6, 6.07) is 6.17. The maximum Gasteiger partial charge on any atom is 0.0667 e. The quantitative estimate of drug-likeness (QED) is 0.893. The third kappa shape index (κ3) is 4.19. The molecule has 1 aliphatic carbocycles. The number of aliphatic hydroxyl groups is 1. The SMILES string of the molecule is CCN(CCO)c1ccc(N=C2C=CCC(Cl)=C2)c(C)c1. The van der Waals surface area contributed by atoms with E-state index in [1.165, 1.54) is 0 Å². The molecule has 4 heteroatoms. The van der Waals surface area contributed by atoms with Crippen LogP contribution in [-0.2, 0) is 0 Å². The number of aliphatic hydroxyl groups excluding tert-OH is 1. The Morgan fingerprint density at radius 1 is 1.38 bits per heavy atom. The number of benzene rings is 1. The number of nitrogens with zero attached hydrogens (tertiary/aromatic N) is 2. The van der Waals surface area contributed by atoms with Crippen molar-refractivity contribution >= 4 is 28.7 Å². The van der Waals surface area contributed by atoms with Crippen LogP contribution in [0.1, 0.15) is 18.9 Å². The van der Waals surface area contributed by atoms with E-state index in [1.807, 2.05) is 37.3 Å². The van der Waals surface area contributed by atoms with Crippen molar-refractivity contribution in [2.45, 2.75) is 20.3 Å². The molecule has 1 N–H and O–H groups in total. The predicted molar refractivity (Wildman–Crippen MR) is 90.9 cm³/mol. The van der Waals surface area contributed by atoms with Gasteiger partial charge in [-0.1, -0.05) is 17.7 Å². The van der Waals surface area contributed by atoms with E-state index in [-0.39, 0.29) is 6.61 Å². The van der Waals surface area contributed by atoms with Crippen LogP contribution in [-0.4, -0.2) is 30.5 Å². The van der Waals surface area contributed by atoms with E-state index >= 15 is 0 Å². The first kappa shape index (κ1) is 15.8. The monoisotopic (exact) mass is 304 g/mol. The van der Waals surface area contributed by atoms with Crippen LogP contribution in [0.3, 0.4) is 0 Å². The Morgan fingerprint density at radius 3 is 2.81 bits per heavy atom. The Bertz CT molecular complexity index is 590. The minimum atomic E-state index is 0.158. The minimum Gasteiger partial charge on any atom is -0.395 e. The maximum absolute atomic E-state index is 9.10. The molecule has 0 saturated heterocycles. The standard InChI is InChI=1S/C17H21ClN2O/c1-3-20(9-10-21)16-7-8-17(13(2)11-16)19-15-6-4-5-14(18)12-15/h4,6-8,11-12,21H,3,5,9-10H2,1-2H3. The predicted octanol–water partition coefficient (Wildman–Crippen LogP) is 3.97. The molecule has 1 aromatic carbocycles. The second-order valence-electron chi connectivity index (χ2n) is 5.01. The first-order valence-electron chi connectivity index (χ1n) is 7.21. The van der Waals surface area contributed by atoms with Crippen molar-refractivity contribution < 1.29 is 5.11 Å². The number of hydrogen-bond acceptors (Lipinski definition) is 3. The molecule has 0 amide bonds. The lowest BCUT2D eigenvalue weighted by Gasteiger charge is -2.22. The molecule has 0 aromatic heterocycles. The maximum atomic E-state index is 9.10.